The smallest absolute Gasteiger partial charge is 0.335 e. The van der Waals surface area contributed by atoms with Gasteiger partial charge in [-0.25, -0.2) is 4.79 Å². The summed E-state index contributed by atoms with van der Waals surface area (Å²) in [6, 6.07) is 12.7. The Hall–Kier alpha value is -2.82. The van der Waals surface area contributed by atoms with Gasteiger partial charge in [-0.15, -0.1) is 0 Å². The molecule has 25 heavy (non-hydrogen) atoms. The van der Waals surface area contributed by atoms with Crippen LogP contribution in [0.15, 0.2) is 42.5 Å². The third-order valence-electron chi connectivity index (χ3n) is 4.43. The summed E-state index contributed by atoms with van der Waals surface area (Å²) in [7, 11) is 0. The molecule has 2 aromatic carbocycles. The predicted octanol–water partition coefficient (Wildman–Crippen LogP) is 3.05. The second-order valence-corrected chi connectivity index (χ2v) is 6.38. The highest BCUT2D eigenvalue weighted by atomic mass is 16.5. The van der Waals surface area contributed by atoms with Gasteiger partial charge in [0.15, 0.2) is 6.10 Å². The summed E-state index contributed by atoms with van der Waals surface area (Å²) in [5.41, 5.74) is 3.31. The third-order valence-corrected chi connectivity index (χ3v) is 4.43. The zero-order valence-electron chi connectivity index (χ0n) is 14.4. The number of nitrogens with zero attached hydrogens (tertiary/aromatic N) is 1. The van der Waals surface area contributed by atoms with E-state index in [4.69, 9.17) is 9.84 Å². The quantitative estimate of drug-likeness (QED) is 0.930. The Morgan fingerprint density at radius 1 is 1.16 bits per heavy atom. The zero-order valence-corrected chi connectivity index (χ0v) is 14.4. The summed E-state index contributed by atoms with van der Waals surface area (Å²) in [6.07, 6.45) is 0.129. The van der Waals surface area contributed by atoms with Gasteiger partial charge in [-0.3, -0.25) is 4.79 Å². The first kappa shape index (κ1) is 17.0. The summed E-state index contributed by atoms with van der Waals surface area (Å²) in [5, 5.41) is 9.14. The van der Waals surface area contributed by atoms with Crippen LogP contribution in [0.2, 0.25) is 0 Å². The Kier molecular flexibility index (Phi) is 4.74. The largest absolute Gasteiger partial charge is 0.481 e. The first-order chi connectivity index (χ1) is 11.9. The molecule has 3 rings (SSSR count). The minimum atomic E-state index is -0.956. The Labute approximate surface area is 146 Å². The van der Waals surface area contributed by atoms with Crippen molar-refractivity contribution in [2.75, 3.05) is 6.54 Å². The molecule has 0 aromatic heterocycles. The fourth-order valence-electron chi connectivity index (χ4n) is 3.08. The molecule has 0 fully saturated rings. The summed E-state index contributed by atoms with van der Waals surface area (Å²) >= 11 is 0. The van der Waals surface area contributed by atoms with Crippen LogP contribution in [0.1, 0.15) is 34.0 Å². The summed E-state index contributed by atoms with van der Waals surface area (Å²) < 4.78 is 5.77. The lowest BCUT2D eigenvalue weighted by Gasteiger charge is -2.31. The van der Waals surface area contributed by atoms with Gasteiger partial charge < -0.3 is 14.7 Å². The maximum absolute atomic E-state index is 12.7. The Morgan fingerprint density at radius 3 is 2.68 bits per heavy atom. The lowest BCUT2D eigenvalue weighted by atomic mass is 9.97. The van der Waals surface area contributed by atoms with Crippen molar-refractivity contribution in [2.24, 2.45) is 0 Å². The van der Waals surface area contributed by atoms with E-state index in [0.29, 0.717) is 18.8 Å². The number of carboxylic acids is 1. The van der Waals surface area contributed by atoms with E-state index < -0.39 is 12.1 Å². The number of ether oxygens (including phenoxy) is 1. The van der Waals surface area contributed by atoms with Gasteiger partial charge in [0.1, 0.15) is 5.75 Å². The van der Waals surface area contributed by atoms with Crippen LogP contribution >= 0.6 is 0 Å². The van der Waals surface area contributed by atoms with Crippen molar-refractivity contribution < 1.29 is 19.4 Å². The lowest BCUT2D eigenvalue weighted by Crippen LogP contribution is -2.43. The van der Waals surface area contributed by atoms with E-state index in [1.165, 1.54) is 0 Å². The molecule has 2 aromatic rings. The topological polar surface area (TPSA) is 66.8 Å². The van der Waals surface area contributed by atoms with Gasteiger partial charge in [-0.05, 0) is 61.2 Å². The van der Waals surface area contributed by atoms with Crippen molar-refractivity contribution in [1.29, 1.82) is 0 Å². The molecule has 0 spiro atoms. The van der Waals surface area contributed by atoms with Crippen LogP contribution in [0, 0.1) is 6.92 Å². The molecule has 0 saturated carbocycles. The van der Waals surface area contributed by atoms with Gasteiger partial charge >= 0.3 is 5.97 Å². The molecule has 0 bridgehead atoms. The first-order valence-electron chi connectivity index (χ1n) is 8.31. The number of aryl methyl sites for hydroxylation is 1. The van der Waals surface area contributed by atoms with Crippen molar-refractivity contribution in [3.63, 3.8) is 0 Å². The fourth-order valence-corrected chi connectivity index (χ4v) is 3.08. The van der Waals surface area contributed by atoms with Crippen molar-refractivity contribution in [1.82, 2.24) is 4.90 Å². The van der Waals surface area contributed by atoms with Gasteiger partial charge in [-0.1, -0.05) is 18.2 Å². The van der Waals surface area contributed by atoms with E-state index >= 15 is 0 Å². The maximum atomic E-state index is 12.7. The van der Waals surface area contributed by atoms with Crippen LogP contribution in [0.4, 0.5) is 0 Å². The molecule has 1 amide bonds. The van der Waals surface area contributed by atoms with Crippen LogP contribution < -0.4 is 4.74 Å². The Balaban J connectivity index is 1.71. The number of carboxylic acid groups (broad SMARTS) is 1. The van der Waals surface area contributed by atoms with Gasteiger partial charge in [0.2, 0.25) is 0 Å². The van der Waals surface area contributed by atoms with E-state index in [9.17, 15) is 9.59 Å². The highest BCUT2D eigenvalue weighted by Crippen LogP contribution is 2.22. The molecule has 5 heteroatoms. The minimum absolute atomic E-state index is 0.0899. The van der Waals surface area contributed by atoms with Crippen molar-refractivity contribution in [3.8, 4) is 5.75 Å². The SMILES string of the molecule is Cc1cccc(OC(C)C(=O)N2CCc3ccc(C(=O)O)cc3C2)c1. The van der Waals surface area contributed by atoms with E-state index in [2.05, 4.69) is 0 Å². The molecular weight excluding hydrogens is 318 g/mol. The second kappa shape index (κ2) is 6.97. The first-order valence-corrected chi connectivity index (χ1v) is 8.31. The molecule has 1 N–H and O–H groups in total. The molecule has 130 valence electrons. The standard InChI is InChI=1S/C20H21NO4/c1-13-4-3-5-18(10-13)25-14(2)19(22)21-9-8-15-6-7-16(20(23)24)11-17(15)12-21/h3-7,10-11,14H,8-9,12H2,1-2H3,(H,23,24). The van der Waals surface area contributed by atoms with Crippen LogP contribution in [0.5, 0.6) is 5.75 Å². The number of hydrogen-bond donors (Lipinski definition) is 1. The molecule has 1 heterocycles. The number of fused-ring (bicyclic) bond motifs is 1. The molecule has 0 saturated heterocycles. The molecule has 0 radical (unpaired) electrons. The molecule has 1 atom stereocenters. The molecular formula is C20H21NO4. The summed E-state index contributed by atoms with van der Waals surface area (Å²) in [4.78, 5) is 25.6. The predicted molar refractivity (Wildman–Crippen MR) is 93.8 cm³/mol. The highest BCUT2D eigenvalue weighted by molar-refractivity contribution is 5.88. The summed E-state index contributed by atoms with van der Waals surface area (Å²) in [6.45, 7) is 4.74. The van der Waals surface area contributed by atoms with Crippen molar-refractivity contribution in [2.45, 2.75) is 32.9 Å². The second-order valence-electron chi connectivity index (χ2n) is 6.38. The molecule has 1 aliphatic heterocycles. The van der Waals surface area contributed by atoms with Crippen LogP contribution in [0.3, 0.4) is 0 Å². The Morgan fingerprint density at radius 2 is 1.96 bits per heavy atom. The van der Waals surface area contributed by atoms with Crippen molar-refractivity contribution in [3.05, 3.63) is 64.7 Å². The number of amides is 1. The van der Waals surface area contributed by atoms with E-state index in [1.807, 2.05) is 37.3 Å². The molecule has 1 aliphatic rings. The number of benzene rings is 2. The number of aromatic carboxylic acids is 1. The Bertz CT molecular complexity index is 815. The normalized spacial score (nSPS) is 14.6. The van der Waals surface area contributed by atoms with Gasteiger partial charge in [0, 0.05) is 13.1 Å². The monoisotopic (exact) mass is 339 g/mol. The van der Waals surface area contributed by atoms with E-state index in [0.717, 1.165) is 23.1 Å². The minimum Gasteiger partial charge on any atom is -0.481 e. The average Bonchev–Trinajstić information content (AvgIpc) is 2.60. The third kappa shape index (κ3) is 3.82. The number of carbonyl (C=O) groups is 2. The molecule has 0 aliphatic carbocycles. The van der Waals surface area contributed by atoms with Crippen LogP contribution in [-0.2, 0) is 17.8 Å². The average molecular weight is 339 g/mol. The van der Waals surface area contributed by atoms with E-state index in [1.54, 1.807) is 24.0 Å². The van der Waals surface area contributed by atoms with Crippen molar-refractivity contribution >= 4 is 11.9 Å². The number of rotatable bonds is 4. The summed E-state index contributed by atoms with van der Waals surface area (Å²) in [5.74, 6) is -0.373. The number of hydrogen-bond acceptors (Lipinski definition) is 3. The van der Waals surface area contributed by atoms with Gasteiger partial charge in [0.05, 0.1) is 5.56 Å². The van der Waals surface area contributed by atoms with Gasteiger partial charge in [-0.2, -0.15) is 0 Å². The zero-order chi connectivity index (χ0) is 18.0. The van der Waals surface area contributed by atoms with E-state index in [-0.39, 0.29) is 11.5 Å². The lowest BCUT2D eigenvalue weighted by molar-refractivity contribution is -0.138. The highest BCUT2D eigenvalue weighted by Gasteiger charge is 2.26. The number of carbonyl (C=O) groups excluding carboxylic acids is 1. The molecule has 1 unspecified atom stereocenters. The van der Waals surface area contributed by atoms with Crippen LogP contribution in [-0.4, -0.2) is 34.5 Å². The fraction of sp³-hybridized carbons (Fsp3) is 0.300. The van der Waals surface area contributed by atoms with Crippen LogP contribution in [0.25, 0.3) is 0 Å². The van der Waals surface area contributed by atoms with Gasteiger partial charge in [0.25, 0.3) is 5.91 Å². The maximum Gasteiger partial charge on any atom is 0.335 e. The molecule has 5 nitrogen and oxygen atoms in total.